The highest BCUT2D eigenvalue weighted by atomic mass is 32.2. The molecule has 4 nitrogen and oxygen atoms in total. The Morgan fingerprint density at radius 2 is 1.72 bits per heavy atom. The van der Waals surface area contributed by atoms with Gasteiger partial charge in [0.1, 0.15) is 0 Å². The Bertz CT molecular complexity index is 368. The van der Waals surface area contributed by atoms with Crippen LogP contribution in [0.5, 0.6) is 0 Å². The van der Waals surface area contributed by atoms with Crippen molar-refractivity contribution in [3.63, 3.8) is 0 Å². The van der Waals surface area contributed by atoms with E-state index < -0.39 is 10.0 Å². The van der Waals surface area contributed by atoms with Crippen LogP contribution < -0.4 is 0 Å². The quantitative estimate of drug-likeness (QED) is 0.766. The van der Waals surface area contributed by atoms with Gasteiger partial charge in [-0.25, -0.2) is 8.42 Å². The Labute approximate surface area is 111 Å². The molecule has 1 heterocycles. The van der Waals surface area contributed by atoms with Crippen molar-refractivity contribution >= 4 is 10.0 Å². The highest BCUT2D eigenvalue weighted by Crippen LogP contribution is 2.33. The molecule has 1 saturated heterocycles. The molecule has 2 rings (SSSR count). The molecule has 1 saturated carbocycles. The zero-order valence-corrected chi connectivity index (χ0v) is 12.6. The monoisotopic (exact) mass is 274 g/mol. The fourth-order valence-corrected chi connectivity index (χ4v) is 4.99. The second-order valence-electron chi connectivity index (χ2n) is 5.81. The zero-order valence-electron chi connectivity index (χ0n) is 11.8. The van der Waals surface area contributed by atoms with Crippen molar-refractivity contribution in [2.24, 2.45) is 0 Å². The lowest BCUT2D eigenvalue weighted by Crippen LogP contribution is -2.49. The summed E-state index contributed by atoms with van der Waals surface area (Å²) in [5.41, 5.74) is 0. The van der Waals surface area contributed by atoms with E-state index in [1.54, 1.807) is 4.31 Å². The lowest BCUT2D eigenvalue weighted by Gasteiger charge is -2.39. The van der Waals surface area contributed by atoms with Crippen LogP contribution >= 0.6 is 0 Å². The SMILES string of the molecule is CCN(C1CCN(C(C)C)CC1)S(=O)(=O)C1CC1. The molecule has 106 valence electrons. The van der Waals surface area contributed by atoms with E-state index in [9.17, 15) is 8.42 Å². The van der Waals surface area contributed by atoms with E-state index in [1.165, 1.54) is 0 Å². The van der Waals surface area contributed by atoms with Gasteiger partial charge in [0.2, 0.25) is 10.0 Å². The van der Waals surface area contributed by atoms with Gasteiger partial charge in [-0.05, 0) is 52.6 Å². The molecule has 18 heavy (non-hydrogen) atoms. The van der Waals surface area contributed by atoms with Gasteiger partial charge < -0.3 is 4.90 Å². The maximum atomic E-state index is 12.4. The molecular weight excluding hydrogens is 248 g/mol. The minimum atomic E-state index is -3.00. The number of hydrogen-bond donors (Lipinski definition) is 0. The molecule has 0 aromatic carbocycles. The molecule has 0 amide bonds. The van der Waals surface area contributed by atoms with Crippen LogP contribution in [0.15, 0.2) is 0 Å². The maximum absolute atomic E-state index is 12.4. The van der Waals surface area contributed by atoms with Crippen LogP contribution in [0.2, 0.25) is 0 Å². The summed E-state index contributed by atoms with van der Waals surface area (Å²) in [7, 11) is -3.00. The number of rotatable bonds is 5. The van der Waals surface area contributed by atoms with Gasteiger partial charge in [-0.1, -0.05) is 6.92 Å². The van der Waals surface area contributed by atoms with Crippen LogP contribution in [0.25, 0.3) is 0 Å². The number of piperidine rings is 1. The van der Waals surface area contributed by atoms with Crippen LogP contribution in [0.4, 0.5) is 0 Å². The van der Waals surface area contributed by atoms with Crippen molar-refractivity contribution in [2.45, 2.75) is 63.8 Å². The molecule has 1 aliphatic heterocycles. The molecule has 1 aliphatic carbocycles. The van der Waals surface area contributed by atoms with Gasteiger partial charge in [-0.15, -0.1) is 0 Å². The summed E-state index contributed by atoms with van der Waals surface area (Å²) in [4.78, 5) is 2.44. The van der Waals surface area contributed by atoms with E-state index in [-0.39, 0.29) is 11.3 Å². The Balaban J connectivity index is 1.98. The fourth-order valence-electron chi connectivity index (χ4n) is 2.89. The van der Waals surface area contributed by atoms with E-state index in [4.69, 9.17) is 0 Å². The zero-order chi connectivity index (χ0) is 13.3. The molecule has 2 aliphatic rings. The molecule has 0 bridgehead atoms. The third kappa shape index (κ3) is 2.89. The topological polar surface area (TPSA) is 40.6 Å². The van der Waals surface area contributed by atoms with E-state index in [1.807, 2.05) is 6.92 Å². The summed E-state index contributed by atoms with van der Waals surface area (Å²) >= 11 is 0. The molecule has 0 N–H and O–H groups in total. The van der Waals surface area contributed by atoms with E-state index in [0.29, 0.717) is 12.6 Å². The number of nitrogens with zero attached hydrogens (tertiary/aromatic N) is 2. The van der Waals surface area contributed by atoms with Crippen molar-refractivity contribution in [1.29, 1.82) is 0 Å². The molecule has 5 heteroatoms. The van der Waals surface area contributed by atoms with Crippen molar-refractivity contribution in [2.75, 3.05) is 19.6 Å². The molecule has 0 radical (unpaired) electrons. The van der Waals surface area contributed by atoms with E-state index in [0.717, 1.165) is 38.8 Å². The van der Waals surface area contributed by atoms with Crippen LogP contribution in [0.1, 0.15) is 46.5 Å². The molecule has 2 fully saturated rings. The minimum Gasteiger partial charge on any atom is -0.301 e. The first-order chi connectivity index (χ1) is 8.46. The first kappa shape index (κ1) is 14.3. The standard InChI is InChI=1S/C13H26N2O2S/c1-4-15(18(16,17)13-5-6-13)12-7-9-14(10-8-12)11(2)3/h11-13H,4-10H2,1-3H3. The van der Waals surface area contributed by atoms with Crippen LogP contribution in [-0.4, -0.2) is 54.6 Å². The fraction of sp³-hybridized carbons (Fsp3) is 1.00. The third-order valence-electron chi connectivity index (χ3n) is 4.22. The summed E-state index contributed by atoms with van der Waals surface area (Å²) in [5.74, 6) is 0. The second kappa shape index (κ2) is 5.47. The van der Waals surface area contributed by atoms with Gasteiger partial charge >= 0.3 is 0 Å². The van der Waals surface area contributed by atoms with E-state index in [2.05, 4.69) is 18.7 Å². The summed E-state index contributed by atoms with van der Waals surface area (Å²) in [6, 6.07) is 0.802. The van der Waals surface area contributed by atoms with Crippen LogP contribution in [-0.2, 0) is 10.0 Å². The van der Waals surface area contributed by atoms with Gasteiger partial charge in [0, 0.05) is 18.6 Å². The van der Waals surface area contributed by atoms with Crippen molar-refractivity contribution in [1.82, 2.24) is 9.21 Å². The Morgan fingerprint density at radius 1 is 1.17 bits per heavy atom. The van der Waals surface area contributed by atoms with Crippen molar-refractivity contribution in [3.05, 3.63) is 0 Å². The smallest absolute Gasteiger partial charge is 0.217 e. The van der Waals surface area contributed by atoms with Gasteiger partial charge in [0.05, 0.1) is 5.25 Å². The van der Waals surface area contributed by atoms with Crippen LogP contribution in [0, 0.1) is 0 Å². The molecular formula is C13H26N2O2S. The molecule has 0 aromatic heterocycles. The maximum Gasteiger partial charge on any atom is 0.217 e. The largest absolute Gasteiger partial charge is 0.301 e. The highest BCUT2D eigenvalue weighted by Gasteiger charge is 2.42. The average molecular weight is 274 g/mol. The first-order valence-electron chi connectivity index (χ1n) is 7.21. The number of sulfonamides is 1. The predicted octanol–water partition coefficient (Wildman–Crippen LogP) is 1.67. The van der Waals surface area contributed by atoms with E-state index >= 15 is 0 Å². The molecule has 0 spiro atoms. The third-order valence-corrected chi connectivity index (χ3v) is 6.74. The lowest BCUT2D eigenvalue weighted by molar-refractivity contribution is 0.134. The summed E-state index contributed by atoms with van der Waals surface area (Å²) in [5, 5.41) is -0.0689. The molecule has 0 atom stereocenters. The molecule has 0 aromatic rings. The number of likely N-dealkylation sites (tertiary alicyclic amines) is 1. The predicted molar refractivity (Wildman–Crippen MR) is 74.1 cm³/mol. The molecule has 0 unspecified atom stereocenters. The normalized spacial score (nSPS) is 24.1. The van der Waals surface area contributed by atoms with Crippen molar-refractivity contribution in [3.8, 4) is 0 Å². The Morgan fingerprint density at radius 3 is 2.11 bits per heavy atom. The van der Waals surface area contributed by atoms with Gasteiger partial charge in [0.25, 0.3) is 0 Å². The number of hydrogen-bond acceptors (Lipinski definition) is 3. The minimum absolute atomic E-state index is 0.0689. The summed E-state index contributed by atoms with van der Waals surface area (Å²) in [6.45, 7) is 9.07. The summed E-state index contributed by atoms with van der Waals surface area (Å²) in [6.07, 6.45) is 3.70. The van der Waals surface area contributed by atoms with Gasteiger partial charge in [0.15, 0.2) is 0 Å². The Hall–Kier alpha value is -0.130. The van der Waals surface area contributed by atoms with Crippen molar-refractivity contribution < 1.29 is 8.42 Å². The average Bonchev–Trinajstić information content (AvgIpc) is 3.14. The van der Waals surface area contributed by atoms with Gasteiger partial charge in [-0.3, -0.25) is 0 Å². The van der Waals surface area contributed by atoms with Gasteiger partial charge in [-0.2, -0.15) is 4.31 Å². The highest BCUT2D eigenvalue weighted by molar-refractivity contribution is 7.90. The lowest BCUT2D eigenvalue weighted by atomic mass is 10.0. The Kier molecular flexibility index (Phi) is 4.34. The second-order valence-corrected chi connectivity index (χ2v) is 7.97. The first-order valence-corrected chi connectivity index (χ1v) is 8.71. The van der Waals surface area contributed by atoms with Crippen LogP contribution in [0.3, 0.4) is 0 Å². The summed E-state index contributed by atoms with van der Waals surface area (Å²) < 4.78 is 26.5.